The van der Waals surface area contributed by atoms with Crippen molar-refractivity contribution < 1.29 is 28.2 Å². The van der Waals surface area contributed by atoms with Crippen LogP contribution >= 0.6 is 0 Å². The molecule has 5 aromatic rings. The van der Waals surface area contributed by atoms with Crippen LogP contribution in [0, 0.1) is 0 Å². The van der Waals surface area contributed by atoms with Gasteiger partial charge in [0.05, 0.1) is 39.6 Å². The molecule has 0 fully saturated rings. The van der Waals surface area contributed by atoms with Crippen molar-refractivity contribution in [1.29, 1.82) is 0 Å². The first-order valence-corrected chi connectivity index (χ1v) is 19.2. The molecule has 1 atom stereocenters. The van der Waals surface area contributed by atoms with E-state index in [1.165, 1.54) is 37.9 Å². The van der Waals surface area contributed by atoms with Gasteiger partial charge in [-0.05, 0) is 34.3 Å². The summed E-state index contributed by atoms with van der Waals surface area (Å²) in [5.74, 6) is 0.342. The van der Waals surface area contributed by atoms with Crippen LogP contribution in [0.5, 0.6) is 5.88 Å². The van der Waals surface area contributed by atoms with E-state index in [1.54, 1.807) is 16.9 Å². The van der Waals surface area contributed by atoms with Gasteiger partial charge in [-0.3, -0.25) is 10.00 Å². The third-order valence-corrected chi connectivity index (χ3v) is 14.0. The summed E-state index contributed by atoms with van der Waals surface area (Å²) >= 11 is 0. The summed E-state index contributed by atoms with van der Waals surface area (Å²) in [5.41, 5.74) is 1.95. The van der Waals surface area contributed by atoms with E-state index in [4.69, 9.17) is 23.6 Å². The number of hydrogen-bond donors (Lipinski definition) is 2. The number of pyridine rings is 1. The second kappa shape index (κ2) is 16.8. The van der Waals surface area contributed by atoms with Crippen molar-refractivity contribution in [3.05, 3.63) is 90.3 Å². The number of benzene rings is 2. The number of carbonyl (C=O) groups excluding carboxylic acids is 2. The molecule has 0 saturated heterocycles. The Morgan fingerprint density at radius 2 is 1.58 bits per heavy atom. The molecule has 0 aliphatic carbocycles. The van der Waals surface area contributed by atoms with Crippen LogP contribution in [-0.2, 0) is 20.4 Å². The highest BCUT2D eigenvalue weighted by atomic mass is 28.4. The molecule has 0 saturated carbocycles. The van der Waals surface area contributed by atoms with Crippen molar-refractivity contribution in [2.45, 2.75) is 64.6 Å². The third kappa shape index (κ3) is 8.24. The molecular weight excluding hydrogens is 679 g/mol. The average molecular weight is 726 g/mol. The molecule has 14 heteroatoms. The maximum atomic E-state index is 12.3. The van der Waals surface area contributed by atoms with Crippen LogP contribution in [0.15, 0.2) is 79.1 Å². The van der Waals surface area contributed by atoms with E-state index in [-0.39, 0.29) is 29.1 Å². The lowest BCUT2D eigenvalue weighted by molar-refractivity contribution is 0.0600. The van der Waals surface area contributed by atoms with Crippen molar-refractivity contribution in [3.8, 4) is 5.88 Å². The van der Waals surface area contributed by atoms with E-state index >= 15 is 0 Å². The predicted octanol–water partition coefficient (Wildman–Crippen LogP) is 5.79. The minimum absolute atomic E-state index is 0.0607. The van der Waals surface area contributed by atoms with Gasteiger partial charge < -0.3 is 24.0 Å². The molecule has 0 aliphatic heterocycles. The molecule has 0 aliphatic rings. The molecule has 0 unspecified atom stereocenters. The zero-order valence-electron chi connectivity index (χ0n) is 30.8. The number of hydrogen-bond acceptors (Lipinski definition) is 11. The lowest BCUT2D eigenvalue weighted by Gasteiger charge is -2.43. The van der Waals surface area contributed by atoms with Crippen molar-refractivity contribution in [1.82, 2.24) is 24.7 Å². The Bertz CT molecular complexity index is 1930. The summed E-state index contributed by atoms with van der Waals surface area (Å²) < 4.78 is 24.2. The summed E-state index contributed by atoms with van der Waals surface area (Å²) in [7, 11) is 1.35. The zero-order chi connectivity index (χ0) is 37.3. The fourth-order valence-corrected chi connectivity index (χ4v) is 11.1. The Morgan fingerprint density at radius 1 is 0.904 bits per heavy atom. The molecule has 0 spiro atoms. The van der Waals surface area contributed by atoms with Gasteiger partial charge in [-0.1, -0.05) is 94.8 Å². The first kappa shape index (κ1) is 37.9. The highest BCUT2D eigenvalue weighted by Gasteiger charge is 2.50. The van der Waals surface area contributed by atoms with Crippen molar-refractivity contribution >= 4 is 53.6 Å². The summed E-state index contributed by atoms with van der Waals surface area (Å²) in [6.07, 6.45) is 4.70. The van der Waals surface area contributed by atoms with Gasteiger partial charge in [0.1, 0.15) is 11.0 Å². The number of rotatable bonds is 15. The summed E-state index contributed by atoms with van der Waals surface area (Å²) in [4.78, 5) is 38.1. The lowest BCUT2D eigenvalue weighted by Crippen LogP contribution is -2.66. The molecule has 0 bridgehead atoms. The normalized spacial score (nSPS) is 12.3. The number of ether oxygens (including phenoxy) is 3. The smallest absolute Gasteiger partial charge is 0.413 e. The monoisotopic (exact) mass is 725 g/mol. The van der Waals surface area contributed by atoms with E-state index in [0.717, 1.165) is 12.8 Å². The van der Waals surface area contributed by atoms with Crippen LogP contribution in [0.3, 0.4) is 0 Å². The van der Waals surface area contributed by atoms with E-state index in [2.05, 4.69) is 102 Å². The van der Waals surface area contributed by atoms with Gasteiger partial charge in [-0.15, -0.1) is 0 Å². The molecular formula is C38H47N7O6Si. The minimum Gasteiger partial charge on any atom is -0.481 e. The molecule has 274 valence electrons. The van der Waals surface area contributed by atoms with E-state index in [9.17, 15) is 9.59 Å². The van der Waals surface area contributed by atoms with Gasteiger partial charge in [-0.2, -0.15) is 10.1 Å². The van der Waals surface area contributed by atoms with E-state index in [1.807, 2.05) is 12.1 Å². The molecule has 52 heavy (non-hydrogen) atoms. The molecule has 2 N–H and O–H groups in total. The fourth-order valence-electron chi connectivity index (χ4n) is 6.55. The maximum absolute atomic E-state index is 12.3. The first-order valence-electron chi connectivity index (χ1n) is 17.3. The van der Waals surface area contributed by atoms with Crippen molar-refractivity contribution in [2.24, 2.45) is 0 Å². The number of fused-ring (bicyclic) bond motifs is 1. The van der Waals surface area contributed by atoms with Gasteiger partial charge in [0.25, 0.3) is 8.32 Å². The van der Waals surface area contributed by atoms with Crippen LogP contribution in [0.2, 0.25) is 5.04 Å². The highest BCUT2D eigenvalue weighted by Crippen LogP contribution is 2.37. The lowest BCUT2D eigenvalue weighted by atomic mass is 10.1. The van der Waals surface area contributed by atoms with Gasteiger partial charge >= 0.3 is 12.1 Å². The molecule has 13 nitrogen and oxygen atoms in total. The Labute approximate surface area is 305 Å². The number of esters is 1. The van der Waals surface area contributed by atoms with Crippen molar-refractivity contribution in [2.75, 3.05) is 38.6 Å². The number of nitrogens with zero attached hydrogens (tertiary/aromatic N) is 5. The number of aromatic nitrogens is 5. The number of carbonyl (C=O) groups is 2. The van der Waals surface area contributed by atoms with Crippen LogP contribution in [0.1, 0.15) is 62.9 Å². The molecule has 2 aromatic carbocycles. The second-order valence-electron chi connectivity index (χ2n) is 13.4. The molecule has 5 rings (SSSR count). The van der Waals surface area contributed by atoms with Gasteiger partial charge in [0.15, 0.2) is 5.82 Å². The van der Waals surface area contributed by atoms with E-state index < -0.39 is 20.4 Å². The Hall–Kier alpha value is -5.34. The van der Waals surface area contributed by atoms with E-state index in [0.29, 0.717) is 41.3 Å². The van der Waals surface area contributed by atoms with Crippen molar-refractivity contribution in [3.63, 3.8) is 0 Å². The number of nitrogens with one attached hydrogen (secondary N) is 2. The Kier molecular flexibility index (Phi) is 12.2. The topological polar surface area (TPSA) is 152 Å². The first-order chi connectivity index (χ1) is 25.0. The molecule has 3 aromatic heterocycles. The Morgan fingerprint density at radius 3 is 2.15 bits per heavy atom. The maximum Gasteiger partial charge on any atom is 0.413 e. The van der Waals surface area contributed by atoms with Crippen LogP contribution in [0.25, 0.3) is 11.0 Å². The van der Waals surface area contributed by atoms with Crippen LogP contribution in [0.4, 0.5) is 16.6 Å². The molecule has 1 amide bonds. The van der Waals surface area contributed by atoms with Gasteiger partial charge in [-0.25, -0.2) is 19.6 Å². The van der Waals surface area contributed by atoms with Gasteiger partial charge in [0, 0.05) is 24.4 Å². The zero-order valence-corrected chi connectivity index (χ0v) is 31.8. The predicted molar refractivity (Wildman–Crippen MR) is 203 cm³/mol. The summed E-state index contributed by atoms with van der Waals surface area (Å²) in [6.45, 7) is 9.61. The second-order valence-corrected chi connectivity index (χ2v) is 17.7. The third-order valence-electron chi connectivity index (χ3n) is 8.93. The van der Waals surface area contributed by atoms with Crippen LogP contribution < -0.4 is 25.7 Å². The Balaban J connectivity index is 1.50. The molecule has 0 radical (unpaired) electrons. The molecule has 3 heterocycles. The average Bonchev–Trinajstić information content (AvgIpc) is 3.55. The summed E-state index contributed by atoms with van der Waals surface area (Å²) in [5, 5.41) is 13.1. The van der Waals surface area contributed by atoms with Crippen LogP contribution in [-0.4, -0.2) is 79.1 Å². The highest BCUT2D eigenvalue weighted by molar-refractivity contribution is 6.99. The SMILES string of the molecule is CCC[C@@H](CCO[Si](c1ccccc1)(c1ccccc1)C(C)(C)C)Nc1nc(NC(=O)OC)nc2cnn(Cc3cc(C(=O)OC)cnc3OC)c12. The fraction of sp³-hybridized carbons (Fsp3) is 0.368. The number of amides is 1. The number of anilines is 2. The van der Waals surface area contributed by atoms with Gasteiger partial charge in [0.2, 0.25) is 11.8 Å². The quantitative estimate of drug-likeness (QED) is 0.0997. The largest absolute Gasteiger partial charge is 0.481 e. The number of methoxy groups -OCH3 is 3. The summed E-state index contributed by atoms with van der Waals surface area (Å²) in [6, 6.07) is 22.7. The minimum atomic E-state index is -2.75. The standard InChI is InChI=1S/C38H47N7O6Si/c1-8-15-28(20-21-51-52(38(2,3)4,29-16-11-9-12-17-29)30-18-13-10-14-19-30)41-33-32-31(42-36(43-33)44-37(47)50-7)24-40-45(32)25-27-22-26(35(46)49-6)23-39-34(27)48-5/h9-14,16-19,22-24,28H,8,15,20-21,25H2,1-7H3,(H2,41,42,43,44,47)/t28-/m0/s1.